The van der Waals surface area contributed by atoms with E-state index in [0.29, 0.717) is 11.6 Å². The van der Waals surface area contributed by atoms with Crippen LogP contribution in [0.5, 0.6) is 5.88 Å². The van der Waals surface area contributed by atoms with Gasteiger partial charge in [-0.1, -0.05) is 0 Å². The first-order valence-electron chi connectivity index (χ1n) is 6.20. The van der Waals surface area contributed by atoms with Crippen LogP contribution in [0, 0.1) is 0 Å². The summed E-state index contributed by atoms with van der Waals surface area (Å²) in [5, 5.41) is 0. The monoisotopic (exact) mass is 236 g/mol. The minimum absolute atomic E-state index is 0.0707. The van der Waals surface area contributed by atoms with Crippen LogP contribution in [0.3, 0.4) is 0 Å². The van der Waals surface area contributed by atoms with Crippen LogP contribution in [-0.2, 0) is 0 Å². The Morgan fingerprint density at radius 2 is 1.94 bits per heavy atom. The predicted molar refractivity (Wildman–Crippen MR) is 68.3 cm³/mol. The third-order valence-corrected chi connectivity index (χ3v) is 2.83. The first-order valence-corrected chi connectivity index (χ1v) is 6.20. The van der Waals surface area contributed by atoms with Gasteiger partial charge in [0.15, 0.2) is 5.82 Å². The largest absolute Gasteiger partial charge is 0.473 e. The number of anilines is 2. The molecule has 0 atom stereocenters. The number of nitrogens with two attached hydrogens (primary N) is 1. The van der Waals surface area contributed by atoms with Crippen molar-refractivity contribution in [2.75, 3.05) is 23.7 Å². The molecule has 2 N–H and O–H groups in total. The molecule has 1 aromatic rings. The van der Waals surface area contributed by atoms with Crippen LogP contribution in [0.2, 0.25) is 0 Å². The smallest absolute Gasteiger partial charge is 0.242 e. The molecule has 0 aromatic carbocycles. The van der Waals surface area contributed by atoms with Crippen molar-refractivity contribution >= 4 is 11.5 Å². The van der Waals surface area contributed by atoms with E-state index in [1.165, 1.54) is 25.6 Å². The average molecular weight is 236 g/mol. The summed E-state index contributed by atoms with van der Waals surface area (Å²) >= 11 is 0. The highest BCUT2D eigenvalue weighted by atomic mass is 16.5. The zero-order valence-corrected chi connectivity index (χ0v) is 10.5. The molecule has 5 heteroatoms. The number of rotatable bonds is 3. The maximum atomic E-state index is 6.07. The van der Waals surface area contributed by atoms with E-state index in [0.717, 1.165) is 18.9 Å². The summed E-state index contributed by atoms with van der Waals surface area (Å²) in [6.45, 7) is 5.95. The fourth-order valence-electron chi connectivity index (χ4n) is 2.05. The maximum absolute atomic E-state index is 6.07. The van der Waals surface area contributed by atoms with Gasteiger partial charge in [-0.05, 0) is 33.1 Å². The molecule has 5 nitrogen and oxygen atoms in total. The molecule has 0 unspecified atom stereocenters. The van der Waals surface area contributed by atoms with Crippen molar-refractivity contribution in [2.24, 2.45) is 0 Å². The van der Waals surface area contributed by atoms with E-state index >= 15 is 0 Å². The molecular weight excluding hydrogens is 216 g/mol. The van der Waals surface area contributed by atoms with E-state index in [1.807, 2.05) is 13.8 Å². The first-order chi connectivity index (χ1) is 8.18. The van der Waals surface area contributed by atoms with Gasteiger partial charge in [-0.2, -0.15) is 4.98 Å². The van der Waals surface area contributed by atoms with Crippen LogP contribution in [-0.4, -0.2) is 29.2 Å². The fourth-order valence-corrected chi connectivity index (χ4v) is 2.05. The van der Waals surface area contributed by atoms with Gasteiger partial charge in [0.05, 0.1) is 6.10 Å². The van der Waals surface area contributed by atoms with Gasteiger partial charge in [0.1, 0.15) is 12.0 Å². The third kappa shape index (κ3) is 2.78. The second-order valence-electron chi connectivity index (χ2n) is 4.63. The Hall–Kier alpha value is -1.52. The van der Waals surface area contributed by atoms with Gasteiger partial charge in [-0.25, -0.2) is 4.98 Å². The Balaban J connectivity index is 2.21. The second kappa shape index (κ2) is 5.21. The molecule has 0 radical (unpaired) electrons. The summed E-state index contributed by atoms with van der Waals surface area (Å²) in [5.74, 6) is 1.31. The highest BCUT2D eigenvalue weighted by Gasteiger charge is 2.18. The summed E-state index contributed by atoms with van der Waals surface area (Å²) < 4.78 is 5.57. The zero-order chi connectivity index (χ0) is 12.3. The summed E-state index contributed by atoms with van der Waals surface area (Å²) in [6, 6.07) is 0. The van der Waals surface area contributed by atoms with E-state index in [2.05, 4.69) is 14.9 Å². The van der Waals surface area contributed by atoms with E-state index in [1.54, 1.807) is 0 Å². The fraction of sp³-hybridized carbons (Fsp3) is 0.667. The van der Waals surface area contributed by atoms with Crippen molar-refractivity contribution < 1.29 is 4.74 Å². The Kier molecular flexibility index (Phi) is 3.66. The van der Waals surface area contributed by atoms with Gasteiger partial charge in [-0.3, -0.25) is 0 Å². The summed E-state index contributed by atoms with van der Waals surface area (Å²) in [6.07, 6.45) is 5.28. The Bertz CT molecular complexity index is 375. The number of hydrogen-bond donors (Lipinski definition) is 1. The van der Waals surface area contributed by atoms with Gasteiger partial charge in [0.2, 0.25) is 5.88 Å². The lowest BCUT2D eigenvalue weighted by molar-refractivity contribution is 0.234. The highest BCUT2D eigenvalue weighted by Crippen LogP contribution is 2.30. The van der Waals surface area contributed by atoms with Crippen LogP contribution in [0.4, 0.5) is 11.5 Å². The van der Waals surface area contributed by atoms with Gasteiger partial charge >= 0.3 is 0 Å². The molecule has 0 spiro atoms. The molecule has 1 aliphatic heterocycles. The lowest BCUT2D eigenvalue weighted by atomic mass is 10.1. The number of ether oxygens (including phenoxy) is 1. The molecule has 1 fully saturated rings. The highest BCUT2D eigenvalue weighted by molar-refractivity contribution is 5.67. The Labute approximate surface area is 102 Å². The van der Waals surface area contributed by atoms with E-state index in [-0.39, 0.29) is 6.10 Å². The molecule has 0 bridgehead atoms. The maximum Gasteiger partial charge on any atom is 0.242 e. The molecule has 2 rings (SSSR count). The summed E-state index contributed by atoms with van der Waals surface area (Å²) in [5.41, 5.74) is 6.63. The molecule has 0 aliphatic carbocycles. The molecule has 2 heterocycles. The molecule has 94 valence electrons. The van der Waals surface area contributed by atoms with Crippen molar-refractivity contribution in [3.8, 4) is 5.88 Å². The number of aromatic nitrogens is 2. The lowest BCUT2D eigenvalue weighted by Gasteiger charge is -2.28. The quantitative estimate of drug-likeness (QED) is 0.867. The lowest BCUT2D eigenvalue weighted by Crippen LogP contribution is -2.31. The second-order valence-corrected chi connectivity index (χ2v) is 4.63. The minimum atomic E-state index is 0.0707. The summed E-state index contributed by atoms with van der Waals surface area (Å²) in [4.78, 5) is 10.6. The van der Waals surface area contributed by atoms with Crippen molar-refractivity contribution in [3.63, 3.8) is 0 Å². The normalized spacial score (nSPS) is 16.3. The van der Waals surface area contributed by atoms with E-state index in [4.69, 9.17) is 10.5 Å². The van der Waals surface area contributed by atoms with Crippen molar-refractivity contribution in [1.82, 2.24) is 9.97 Å². The molecule has 0 saturated carbocycles. The van der Waals surface area contributed by atoms with Gasteiger partial charge in [0.25, 0.3) is 0 Å². The van der Waals surface area contributed by atoms with Crippen LogP contribution in [0.1, 0.15) is 33.1 Å². The third-order valence-electron chi connectivity index (χ3n) is 2.83. The van der Waals surface area contributed by atoms with Crippen LogP contribution in [0.15, 0.2) is 6.33 Å². The topological polar surface area (TPSA) is 64.3 Å². The zero-order valence-electron chi connectivity index (χ0n) is 10.5. The first kappa shape index (κ1) is 12.0. The van der Waals surface area contributed by atoms with Gasteiger partial charge in [0, 0.05) is 13.1 Å². The minimum Gasteiger partial charge on any atom is -0.473 e. The molecule has 1 saturated heterocycles. The van der Waals surface area contributed by atoms with Crippen molar-refractivity contribution in [2.45, 2.75) is 39.2 Å². The van der Waals surface area contributed by atoms with Gasteiger partial charge in [-0.15, -0.1) is 0 Å². The number of piperidine rings is 1. The number of nitrogens with zero attached hydrogens (tertiary/aromatic N) is 3. The Morgan fingerprint density at radius 1 is 1.24 bits per heavy atom. The van der Waals surface area contributed by atoms with E-state index in [9.17, 15) is 0 Å². The molecular formula is C12H20N4O. The molecule has 1 aliphatic rings. The van der Waals surface area contributed by atoms with Crippen molar-refractivity contribution in [1.29, 1.82) is 0 Å². The average Bonchev–Trinajstić information content (AvgIpc) is 2.32. The van der Waals surface area contributed by atoms with Crippen molar-refractivity contribution in [3.05, 3.63) is 6.33 Å². The summed E-state index contributed by atoms with van der Waals surface area (Å²) in [7, 11) is 0. The van der Waals surface area contributed by atoms with Crippen LogP contribution >= 0.6 is 0 Å². The Morgan fingerprint density at radius 3 is 2.59 bits per heavy atom. The number of hydrogen-bond acceptors (Lipinski definition) is 5. The standard InChI is InChI=1S/C12H20N4O/c1-9(2)17-12-10(13)11(14-8-15-12)16-6-4-3-5-7-16/h8-9H,3-7,13H2,1-2H3. The molecule has 0 amide bonds. The molecule has 17 heavy (non-hydrogen) atoms. The number of nitrogen functional groups attached to an aromatic ring is 1. The van der Waals surface area contributed by atoms with Crippen LogP contribution in [0.25, 0.3) is 0 Å². The van der Waals surface area contributed by atoms with Crippen LogP contribution < -0.4 is 15.4 Å². The predicted octanol–water partition coefficient (Wildman–Crippen LogP) is 1.84. The van der Waals surface area contributed by atoms with E-state index < -0.39 is 0 Å². The SMILES string of the molecule is CC(C)Oc1ncnc(N2CCCCC2)c1N. The van der Waals surface area contributed by atoms with Gasteiger partial charge < -0.3 is 15.4 Å². The molecule has 1 aromatic heterocycles.